The number of benzene rings is 1. The molecule has 1 aliphatic carbocycles. The molecule has 1 amide bonds. The average Bonchev–Trinajstić information content (AvgIpc) is 3.19. The first-order chi connectivity index (χ1) is 16.0. The Balaban J connectivity index is 1.60. The maximum absolute atomic E-state index is 12.0. The predicted octanol–water partition coefficient (Wildman–Crippen LogP) is 3.97. The fourth-order valence-corrected chi connectivity index (χ4v) is 3.69. The van der Waals surface area contributed by atoms with E-state index in [4.69, 9.17) is 15.6 Å². The minimum absolute atomic E-state index is 0.0585. The van der Waals surface area contributed by atoms with Gasteiger partial charge in [-0.15, -0.1) is 0 Å². The van der Waals surface area contributed by atoms with E-state index in [-0.39, 0.29) is 5.91 Å². The summed E-state index contributed by atoms with van der Waals surface area (Å²) in [5, 5.41) is 5.47. The number of ether oxygens (including phenoxy) is 1. The molecule has 1 aromatic carbocycles. The smallest absolute Gasteiger partial charge is 0.246 e. The second kappa shape index (κ2) is 9.68. The van der Waals surface area contributed by atoms with Crippen LogP contribution in [0.4, 0.5) is 5.82 Å². The average molecular weight is 445 g/mol. The van der Waals surface area contributed by atoms with Crippen molar-refractivity contribution in [1.29, 1.82) is 0 Å². The Morgan fingerprint density at radius 1 is 1.30 bits per heavy atom. The minimum atomic E-state index is -0.0585. The van der Waals surface area contributed by atoms with Crippen LogP contribution in [0.2, 0.25) is 0 Å². The van der Waals surface area contributed by atoms with Crippen LogP contribution in [0.1, 0.15) is 20.3 Å². The number of rotatable bonds is 7. The Morgan fingerprint density at radius 2 is 2.09 bits per heavy atom. The molecule has 8 heteroatoms. The number of hydrogen-bond donors (Lipinski definition) is 1. The van der Waals surface area contributed by atoms with Crippen molar-refractivity contribution in [2.24, 2.45) is 5.92 Å². The number of nitrogens with zero attached hydrogens (tertiary/aromatic N) is 5. The first-order valence-corrected chi connectivity index (χ1v) is 11.0. The summed E-state index contributed by atoms with van der Waals surface area (Å²) in [5.74, 6) is 2.38. The van der Waals surface area contributed by atoms with Crippen molar-refractivity contribution in [3.8, 4) is 17.0 Å². The number of nitrogens with two attached hydrogens (primary N) is 1. The molecule has 1 aliphatic rings. The molecule has 2 aromatic heterocycles. The summed E-state index contributed by atoms with van der Waals surface area (Å²) < 4.78 is 7.85. The number of carbonyl (C=O) groups is 1. The van der Waals surface area contributed by atoms with Gasteiger partial charge in [0.2, 0.25) is 5.91 Å². The maximum Gasteiger partial charge on any atom is 0.246 e. The Labute approximate surface area is 193 Å². The molecule has 2 heterocycles. The van der Waals surface area contributed by atoms with Gasteiger partial charge < -0.3 is 15.4 Å². The standard InChI is InChI=1S/C25H28N6O2/c1-4-7-21(32)30(3)14-15-31-25-22(24(26)27-16-28-25)23(29-31)18-10-12-19(13-11-18)33-20-9-6-5-8-17(20)2/h4-7,9-13,16-17H,8,14-15H2,1-3H3,(H2,26,27,28)/b7-4-. The third-order valence-electron chi connectivity index (χ3n) is 5.63. The Morgan fingerprint density at radius 3 is 2.82 bits per heavy atom. The molecule has 0 saturated carbocycles. The molecule has 8 nitrogen and oxygen atoms in total. The van der Waals surface area contributed by atoms with Gasteiger partial charge in [-0.2, -0.15) is 5.10 Å². The van der Waals surface area contributed by atoms with Crippen LogP contribution in [0.25, 0.3) is 22.3 Å². The molecule has 0 saturated heterocycles. The monoisotopic (exact) mass is 444 g/mol. The lowest BCUT2D eigenvalue weighted by molar-refractivity contribution is -0.124. The zero-order valence-corrected chi connectivity index (χ0v) is 19.1. The third-order valence-corrected chi connectivity index (χ3v) is 5.63. The van der Waals surface area contributed by atoms with Crippen LogP contribution >= 0.6 is 0 Å². The van der Waals surface area contributed by atoms with Gasteiger partial charge in [-0.1, -0.05) is 25.2 Å². The third kappa shape index (κ3) is 4.79. The van der Waals surface area contributed by atoms with Crippen molar-refractivity contribution in [2.45, 2.75) is 26.8 Å². The zero-order valence-electron chi connectivity index (χ0n) is 19.1. The van der Waals surface area contributed by atoms with Crippen LogP contribution in [0.5, 0.6) is 5.75 Å². The quantitative estimate of drug-likeness (QED) is 0.554. The van der Waals surface area contributed by atoms with Gasteiger partial charge in [-0.25, -0.2) is 14.6 Å². The zero-order chi connectivity index (χ0) is 23.4. The molecular weight excluding hydrogens is 416 g/mol. The number of likely N-dealkylation sites (N-methyl/N-ethyl adjacent to an activating group) is 1. The number of anilines is 1. The van der Waals surface area contributed by atoms with Crippen molar-refractivity contribution in [3.05, 3.63) is 66.7 Å². The highest BCUT2D eigenvalue weighted by molar-refractivity contribution is 5.98. The Bertz CT molecular complexity index is 1240. The summed E-state index contributed by atoms with van der Waals surface area (Å²) in [6.45, 7) is 4.93. The minimum Gasteiger partial charge on any atom is -0.461 e. The summed E-state index contributed by atoms with van der Waals surface area (Å²) in [6.07, 6.45) is 11.8. The Hall–Kier alpha value is -3.94. The molecule has 0 radical (unpaired) electrons. The lowest BCUT2D eigenvalue weighted by Gasteiger charge is -2.17. The largest absolute Gasteiger partial charge is 0.461 e. The first-order valence-electron chi connectivity index (χ1n) is 11.0. The number of amides is 1. The molecule has 1 atom stereocenters. The SMILES string of the molecule is C/C=C\C(=O)N(C)CCn1nc(-c2ccc(OC3=CC=CCC3C)cc2)c2c(N)ncnc21. The van der Waals surface area contributed by atoms with Gasteiger partial charge in [0, 0.05) is 25.1 Å². The maximum atomic E-state index is 12.0. The van der Waals surface area contributed by atoms with Crippen LogP contribution in [0.15, 0.2) is 66.7 Å². The molecule has 170 valence electrons. The van der Waals surface area contributed by atoms with Crippen molar-refractivity contribution >= 4 is 22.8 Å². The fraction of sp³-hybridized carbons (Fsp3) is 0.280. The van der Waals surface area contributed by atoms with Crippen molar-refractivity contribution in [2.75, 3.05) is 19.3 Å². The summed E-state index contributed by atoms with van der Waals surface area (Å²) in [6, 6.07) is 7.77. The van der Waals surface area contributed by atoms with Gasteiger partial charge in [0.15, 0.2) is 5.65 Å². The van der Waals surface area contributed by atoms with E-state index >= 15 is 0 Å². The molecule has 2 N–H and O–H groups in total. The number of carbonyl (C=O) groups excluding carboxylic acids is 1. The summed E-state index contributed by atoms with van der Waals surface area (Å²) >= 11 is 0. The van der Waals surface area contributed by atoms with E-state index in [1.807, 2.05) is 43.3 Å². The molecule has 0 fully saturated rings. The number of allylic oxidation sites excluding steroid dienone is 5. The van der Waals surface area contributed by atoms with E-state index in [9.17, 15) is 4.79 Å². The number of nitrogen functional groups attached to an aromatic ring is 1. The topological polar surface area (TPSA) is 99.2 Å². The van der Waals surface area contributed by atoms with E-state index in [0.717, 1.165) is 23.5 Å². The van der Waals surface area contributed by atoms with E-state index in [1.165, 1.54) is 12.4 Å². The lowest BCUT2D eigenvalue weighted by Crippen LogP contribution is -2.28. The van der Waals surface area contributed by atoms with E-state index in [0.29, 0.717) is 41.6 Å². The fourth-order valence-electron chi connectivity index (χ4n) is 3.69. The molecule has 0 bridgehead atoms. The van der Waals surface area contributed by atoms with Crippen LogP contribution in [-0.4, -0.2) is 44.1 Å². The highest BCUT2D eigenvalue weighted by atomic mass is 16.5. The predicted molar refractivity (Wildman–Crippen MR) is 129 cm³/mol. The molecular formula is C25H28N6O2. The van der Waals surface area contributed by atoms with Crippen LogP contribution < -0.4 is 10.5 Å². The summed E-state index contributed by atoms with van der Waals surface area (Å²) in [7, 11) is 1.76. The lowest BCUT2D eigenvalue weighted by atomic mass is 10.0. The normalized spacial score (nSPS) is 15.7. The highest BCUT2D eigenvalue weighted by Crippen LogP contribution is 2.32. The van der Waals surface area contributed by atoms with E-state index < -0.39 is 0 Å². The summed E-state index contributed by atoms with van der Waals surface area (Å²) in [4.78, 5) is 22.2. The summed E-state index contributed by atoms with van der Waals surface area (Å²) in [5.41, 5.74) is 8.43. The van der Waals surface area contributed by atoms with Gasteiger partial charge in [0.25, 0.3) is 0 Å². The van der Waals surface area contributed by atoms with Crippen LogP contribution in [0.3, 0.4) is 0 Å². The highest BCUT2D eigenvalue weighted by Gasteiger charge is 2.18. The Kier molecular flexibility index (Phi) is 6.53. The van der Waals surface area contributed by atoms with Crippen LogP contribution in [0, 0.1) is 5.92 Å². The van der Waals surface area contributed by atoms with Gasteiger partial charge >= 0.3 is 0 Å². The van der Waals surface area contributed by atoms with E-state index in [2.05, 4.69) is 23.0 Å². The van der Waals surface area contributed by atoms with Crippen LogP contribution in [-0.2, 0) is 11.3 Å². The molecule has 0 spiro atoms. The first kappa shape index (κ1) is 22.3. The van der Waals surface area contributed by atoms with Gasteiger partial charge in [0.05, 0.1) is 11.9 Å². The molecule has 3 aromatic rings. The second-order valence-electron chi connectivity index (χ2n) is 8.05. The molecule has 1 unspecified atom stereocenters. The molecule has 33 heavy (non-hydrogen) atoms. The molecule has 0 aliphatic heterocycles. The van der Waals surface area contributed by atoms with Gasteiger partial charge in [0.1, 0.15) is 29.3 Å². The van der Waals surface area contributed by atoms with Gasteiger partial charge in [-0.3, -0.25) is 4.79 Å². The second-order valence-corrected chi connectivity index (χ2v) is 8.05. The number of aromatic nitrogens is 4. The van der Waals surface area contributed by atoms with E-state index in [1.54, 1.807) is 22.7 Å². The van der Waals surface area contributed by atoms with Crippen molar-refractivity contribution < 1.29 is 9.53 Å². The number of hydrogen-bond acceptors (Lipinski definition) is 6. The van der Waals surface area contributed by atoms with Gasteiger partial charge in [-0.05, 0) is 49.8 Å². The van der Waals surface area contributed by atoms with Crippen molar-refractivity contribution in [3.63, 3.8) is 0 Å². The number of fused-ring (bicyclic) bond motifs is 1. The molecule has 4 rings (SSSR count). The van der Waals surface area contributed by atoms with Crippen molar-refractivity contribution in [1.82, 2.24) is 24.6 Å².